The van der Waals surface area contributed by atoms with Gasteiger partial charge in [0.2, 0.25) is 0 Å². The van der Waals surface area contributed by atoms with Crippen molar-refractivity contribution in [2.45, 2.75) is 44.6 Å². The molecular formula is C13H20N2O2. The topological polar surface area (TPSA) is 68.3 Å². The predicted octanol–water partition coefficient (Wildman–Crippen LogP) is 1.98. The van der Waals surface area contributed by atoms with E-state index in [9.17, 15) is 4.79 Å². The van der Waals surface area contributed by atoms with Crippen molar-refractivity contribution in [2.24, 2.45) is 5.73 Å². The first kappa shape index (κ1) is 12.2. The lowest BCUT2D eigenvalue weighted by molar-refractivity contribution is 0.0844. The molecule has 0 bridgehead atoms. The number of amides is 1. The maximum atomic E-state index is 12.0. The zero-order valence-electron chi connectivity index (χ0n) is 10.3. The second kappa shape index (κ2) is 4.92. The summed E-state index contributed by atoms with van der Waals surface area (Å²) in [5.74, 6) is 0.979. The Hall–Kier alpha value is -1.29. The van der Waals surface area contributed by atoms with Gasteiger partial charge < -0.3 is 15.5 Å². The summed E-state index contributed by atoms with van der Waals surface area (Å²) in [5.41, 5.74) is 5.60. The number of furan rings is 1. The van der Waals surface area contributed by atoms with Crippen LogP contribution in [0.1, 0.15) is 48.4 Å². The van der Waals surface area contributed by atoms with E-state index >= 15 is 0 Å². The van der Waals surface area contributed by atoms with Crippen LogP contribution in [0, 0.1) is 6.92 Å². The zero-order chi connectivity index (χ0) is 12.3. The van der Waals surface area contributed by atoms with Gasteiger partial charge in [0.25, 0.3) is 5.91 Å². The predicted molar refractivity (Wildman–Crippen MR) is 65.8 cm³/mol. The lowest BCUT2D eigenvalue weighted by Gasteiger charge is -2.36. The van der Waals surface area contributed by atoms with Crippen LogP contribution in [0.2, 0.25) is 0 Å². The van der Waals surface area contributed by atoms with Crippen molar-refractivity contribution < 1.29 is 9.21 Å². The lowest BCUT2D eigenvalue weighted by atomic mass is 9.81. The van der Waals surface area contributed by atoms with Crippen molar-refractivity contribution in [3.63, 3.8) is 0 Å². The third-order valence-electron chi connectivity index (χ3n) is 3.54. The minimum atomic E-state index is -0.226. The first-order chi connectivity index (χ1) is 8.15. The van der Waals surface area contributed by atoms with Gasteiger partial charge >= 0.3 is 0 Å². The molecule has 94 valence electrons. The van der Waals surface area contributed by atoms with Gasteiger partial charge in [-0.3, -0.25) is 4.79 Å². The molecule has 0 radical (unpaired) electrons. The van der Waals surface area contributed by atoms with Crippen molar-refractivity contribution >= 4 is 5.91 Å². The van der Waals surface area contributed by atoms with Gasteiger partial charge in [0.15, 0.2) is 5.76 Å². The molecule has 0 unspecified atom stereocenters. The summed E-state index contributed by atoms with van der Waals surface area (Å²) < 4.78 is 5.32. The van der Waals surface area contributed by atoms with Gasteiger partial charge in [-0.2, -0.15) is 0 Å². The standard InChI is InChI=1S/C13H20N2O2/c1-10-5-6-11(17-10)12(16)15-13(9-14)7-3-2-4-8-13/h5-6H,2-4,7-9,14H2,1H3,(H,15,16). The maximum Gasteiger partial charge on any atom is 0.287 e. The number of aryl methyl sites for hydroxylation is 1. The monoisotopic (exact) mass is 236 g/mol. The van der Waals surface area contributed by atoms with Crippen molar-refractivity contribution in [2.75, 3.05) is 6.54 Å². The Balaban J connectivity index is 2.05. The molecule has 0 aliphatic heterocycles. The SMILES string of the molecule is Cc1ccc(C(=O)NC2(CN)CCCCC2)o1. The molecule has 17 heavy (non-hydrogen) atoms. The van der Waals surface area contributed by atoms with Crippen molar-refractivity contribution in [3.05, 3.63) is 23.7 Å². The first-order valence-electron chi connectivity index (χ1n) is 6.24. The van der Waals surface area contributed by atoms with E-state index in [0.29, 0.717) is 12.3 Å². The largest absolute Gasteiger partial charge is 0.456 e. The molecule has 1 aliphatic carbocycles. The van der Waals surface area contributed by atoms with E-state index in [1.165, 1.54) is 6.42 Å². The molecule has 0 spiro atoms. The molecule has 4 heteroatoms. The summed E-state index contributed by atoms with van der Waals surface area (Å²) in [5, 5.41) is 3.05. The molecule has 1 saturated carbocycles. The summed E-state index contributed by atoms with van der Waals surface area (Å²) in [6.07, 6.45) is 5.44. The quantitative estimate of drug-likeness (QED) is 0.843. The number of carbonyl (C=O) groups excluding carboxylic acids is 1. The van der Waals surface area contributed by atoms with Gasteiger partial charge in [-0.25, -0.2) is 0 Å². The third-order valence-corrected chi connectivity index (χ3v) is 3.54. The molecule has 1 aromatic heterocycles. The Labute approximate surface area is 102 Å². The molecule has 4 nitrogen and oxygen atoms in total. The minimum absolute atomic E-state index is 0.148. The van der Waals surface area contributed by atoms with Gasteiger partial charge in [-0.1, -0.05) is 19.3 Å². The van der Waals surface area contributed by atoms with Gasteiger partial charge in [0.1, 0.15) is 5.76 Å². The number of hydrogen-bond donors (Lipinski definition) is 2. The summed E-state index contributed by atoms with van der Waals surface area (Å²) in [6, 6.07) is 3.50. The van der Waals surface area contributed by atoms with Crippen LogP contribution in [0.4, 0.5) is 0 Å². The molecule has 1 amide bonds. The van der Waals surface area contributed by atoms with E-state index in [1.54, 1.807) is 12.1 Å². The molecule has 1 heterocycles. The normalized spacial score (nSPS) is 18.9. The van der Waals surface area contributed by atoms with Gasteiger partial charge in [0, 0.05) is 6.54 Å². The van der Waals surface area contributed by atoms with E-state index in [1.807, 2.05) is 6.92 Å². The van der Waals surface area contributed by atoms with E-state index in [2.05, 4.69) is 5.32 Å². The number of nitrogens with two attached hydrogens (primary N) is 1. The fourth-order valence-corrected chi connectivity index (χ4v) is 2.47. The molecule has 1 aromatic rings. The van der Waals surface area contributed by atoms with Crippen LogP contribution in [0.5, 0.6) is 0 Å². The highest BCUT2D eigenvalue weighted by atomic mass is 16.3. The van der Waals surface area contributed by atoms with Crippen LogP contribution in [-0.2, 0) is 0 Å². The number of nitrogens with one attached hydrogen (secondary N) is 1. The second-order valence-electron chi connectivity index (χ2n) is 4.91. The smallest absolute Gasteiger partial charge is 0.287 e. The summed E-state index contributed by atoms with van der Waals surface area (Å²) in [6.45, 7) is 2.33. The average Bonchev–Trinajstić information content (AvgIpc) is 2.77. The molecular weight excluding hydrogens is 216 g/mol. The van der Waals surface area contributed by atoms with Crippen molar-refractivity contribution in [1.82, 2.24) is 5.32 Å². The van der Waals surface area contributed by atoms with Crippen LogP contribution in [0.25, 0.3) is 0 Å². The minimum Gasteiger partial charge on any atom is -0.456 e. The highest BCUT2D eigenvalue weighted by molar-refractivity contribution is 5.92. The fourth-order valence-electron chi connectivity index (χ4n) is 2.47. The Bertz CT molecular complexity index is 392. The van der Waals surface area contributed by atoms with Crippen LogP contribution in [0.15, 0.2) is 16.5 Å². The molecule has 2 rings (SSSR count). The van der Waals surface area contributed by atoms with E-state index in [0.717, 1.165) is 31.4 Å². The summed E-state index contributed by atoms with van der Waals surface area (Å²) in [7, 11) is 0. The van der Waals surface area contributed by atoms with Crippen LogP contribution in [0.3, 0.4) is 0 Å². The Morgan fingerprint density at radius 2 is 2.12 bits per heavy atom. The van der Waals surface area contributed by atoms with Gasteiger partial charge in [-0.15, -0.1) is 0 Å². The first-order valence-corrected chi connectivity index (χ1v) is 6.24. The molecule has 0 aromatic carbocycles. The molecule has 0 atom stereocenters. The molecule has 0 saturated heterocycles. The van der Waals surface area contributed by atoms with E-state index in [-0.39, 0.29) is 11.4 Å². The highest BCUT2D eigenvalue weighted by Crippen LogP contribution is 2.27. The van der Waals surface area contributed by atoms with Crippen molar-refractivity contribution in [1.29, 1.82) is 0 Å². The third kappa shape index (κ3) is 2.69. The molecule has 3 N–H and O–H groups in total. The number of rotatable bonds is 3. The van der Waals surface area contributed by atoms with Crippen LogP contribution < -0.4 is 11.1 Å². The lowest BCUT2D eigenvalue weighted by Crippen LogP contribution is -2.54. The summed E-state index contributed by atoms with van der Waals surface area (Å²) >= 11 is 0. The van der Waals surface area contributed by atoms with Crippen LogP contribution >= 0.6 is 0 Å². The van der Waals surface area contributed by atoms with Gasteiger partial charge in [-0.05, 0) is 31.9 Å². The number of carbonyl (C=O) groups is 1. The average molecular weight is 236 g/mol. The summed E-state index contributed by atoms with van der Waals surface area (Å²) in [4.78, 5) is 12.0. The van der Waals surface area contributed by atoms with E-state index in [4.69, 9.17) is 10.2 Å². The highest BCUT2D eigenvalue weighted by Gasteiger charge is 2.32. The Morgan fingerprint density at radius 1 is 1.41 bits per heavy atom. The van der Waals surface area contributed by atoms with Gasteiger partial charge in [0.05, 0.1) is 5.54 Å². The maximum absolute atomic E-state index is 12.0. The zero-order valence-corrected chi connectivity index (χ0v) is 10.3. The van der Waals surface area contributed by atoms with E-state index < -0.39 is 0 Å². The second-order valence-corrected chi connectivity index (χ2v) is 4.91. The van der Waals surface area contributed by atoms with Crippen molar-refractivity contribution in [3.8, 4) is 0 Å². The number of hydrogen-bond acceptors (Lipinski definition) is 3. The Morgan fingerprint density at radius 3 is 2.65 bits per heavy atom. The Kier molecular flexibility index (Phi) is 3.52. The molecule has 1 fully saturated rings. The van der Waals surface area contributed by atoms with Crippen LogP contribution in [-0.4, -0.2) is 18.0 Å². The fraction of sp³-hybridized carbons (Fsp3) is 0.615. The molecule has 1 aliphatic rings.